The minimum absolute atomic E-state index is 0.0488. The fourth-order valence-electron chi connectivity index (χ4n) is 2.88. The molecule has 0 amide bonds. The normalized spacial score (nSPS) is 25.1. The second kappa shape index (κ2) is 6.14. The van der Waals surface area contributed by atoms with Gasteiger partial charge in [0.1, 0.15) is 0 Å². The molecule has 1 saturated heterocycles. The van der Waals surface area contributed by atoms with Gasteiger partial charge in [0.05, 0.1) is 10.9 Å². The predicted molar refractivity (Wildman–Crippen MR) is 88.8 cm³/mol. The second-order valence-corrected chi connectivity index (χ2v) is 9.54. The molecule has 5 heteroatoms. The maximum Gasteiger partial charge on any atom is 0.219 e. The molecule has 4 nitrogen and oxygen atoms in total. The Morgan fingerprint density at radius 3 is 2.36 bits per heavy atom. The van der Waals surface area contributed by atoms with Gasteiger partial charge in [-0.3, -0.25) is 0 Å². The Morgan fingerprint density at radius 1 is 1.27 bits per heavy atom. The first kappa shape index (κ1) is 17.2. The molecular formula is C17H25NO3S. The fraction of sp³-hybridized carbons (Fsp3) is 0.529. The number of aliphatic hydroxyl groups excluding tert-OH is 1. The summed E-state index contributed by atoms with van der Waals surface area (Å²) < 4.78 is 25.9. The number of hydrogen-bond donors (Lipinski definition) is 1. The van der Waals surface area contributed by atoms with E-state index in [1.54, 1.807) is 26.8 Å². The third-order valence-electron chi connectivity index (χ3n) is 4.34. The summed E-state index contributed by atoms with van der Waals surface area (Å²) in [6.45, 7) is 9.63. The lowest BCUT2D eigenvalue weighted by molar-refractivity contribution is 0.102. The summed E-state index contributed by atoms with van der Waals surface area (Å²) in [6, 6.07) is 9.38. The van der Waals surface area contributed by atoms with Crippen LogP contribution >= 0.6 is 0 Å². The van der Waals surface area contributed by atoms with Crippen LogP contribution in [0.5, 0.6) is 0 Å². The largest absolute Gasteiger partial charge is 0.388 e. The van der Waals surface area contributed by atoms with Gasteiger partial charge in [0.2, 0.25) is 10.0 Å². The van der Waals surface area contributed by atoms with Crippen molar-refractivity contribution in [2.75, 3.05) is 13.1 Å². The molecule has 22 heavy (non-hydrogen) atoms. The first-order valence-electron chi connectivity index (χ1n) is 7.53. The van der Waals surface area contributed by atoms with Crippen molar-refractivity contribution in [3.63, 3.8) is 0 Å². The molecule has 1 aromatic carbocycles. The van der Waals surface area contributed by atoms with Crippen LogP contribution in [0.1, 0.15) is 32.4 Å². The topological polar surface area (TPSA) is 57.6 Å². The molecule has 0 radical (unpaired) electrons. The fourth-order valence-corrected chi connectivity index (χ4v) is 4.39. The summed E-state index contributed by atoms with van der Waals surface area (Å²) in [5.41, 5.74) is 0.814. The van der Waals surface area contributed by atoms with Gasteiger partial charge < -0.3 is 5.11 Å². The predicted octanol–water partition coefficient (Wildman–Crippen LogP) is 2.58. The van der Waals surface area contributed by atoms with E-state index >= 15 is 0 Å². The Bertz CT molecular complexity index is 619. The Balaban J connectivity index is 2.26. The molecule has 1 aliphatic rings. The summed E-state index contributed by atoms with van der Waals surface area (Å²) in [6.07, 6.45) is 1.07. The quantitative estimate of drug-likeness (QED) is 0.867. The molecule has 1 heterocycles. The van der Waals surface area contributed by atoms with E-state index in [4.69, 9.17) is 0 Å². The SMILES string of the molecule is C=CC1CN(S(=O)(=O)C(C)(C)C)CC1C(O)c1ccccc1. The highest BCUT2D eigenvalue weighted by atomic mass is 32.2. The van der Waals surface area contributed by atoms with Crippen molar-refractivity contribution in [3.8, 4) is 0 Å². The van der Waals surface area contributed by atoms with Crippen molar-refractivity contribution in [2.24, 2.45) is 11.8 Å². The number of hydrogen-bond acceptors (Lipinski definition) is 3. The van der Waals surface area contributed by atoms with Gasteiger partial charge in [-0.2, -0.15) is 0 Å². The minimum Gasteiger partial charge on any atom is -0.388 e. The average molecular weight is 323 g/mol. The van der Waals surface area contributed by atoms with Crippen LogP contribution in [-0.2, 0) is 10.0 Å². The Labute approximate surface area is 133 Å². The van der Waals surface area contributed by atoms with Crippen LogP contribution in [0.25, 0.3) is 0 Å². The van der Waals surface area contributed by atoms with Crippen LogP contribution in [-0.4, -0.2) is 35.7 Å². The molecule has 122 valence electrons. The molecule has 3 unspecified atom stereocenters. The average Bonchev–Trinajstić information content (AvgIpc) is 2.91. The van der Waals surface area contributed by atoms with Gasteiger partial charge in [0, 0.05) is 19.0 Å². The van der Waals surface area contributed by atoms with E-state index in [0.29, 0.717) is 13.1 Å². The van der Waals surface area contributed by atoms with Gasteiger partial charge in [0.25, 0.3) is 0 Å². The summed E-state index contributed by atoms with van der Waals surface area (Å²) in [5, 5.41) is 10.6. The Kier molecular flexibility index (Phi) is 4.80. The number of sulfonamides is 1. The molecule has 0 saturated carbocycles. The van der Waals surface area contributed by atoms with E-state index in [1.807, 2.05) is 30.3 Å². The smallest absolute Gasteiger partial charge is 0.219 e. The Hall–Kier alpha value is -1.17. The highest BCUT2D eigenvalue weighted by Gasteiger charge is 2.44. The van der Waals surface area contributed by atoms with Crippen molar-refractivity contribution in [1.82, 2.24) is 4.31 Å². The van der Waals surface area contributed by atoms with Gasteiger partial charge >= 0.3 is 0 Å². The van der Waals surface area contributed by atoms with Gasteiger partial charge in [-0.15, -0.1) is 6.58 Å². The molecule has 0 bridgehead atoms. The van der Waals surface area contributed by atoms with E-state index < -0.39 is 20.9 Å². The number of aliphatic hydroxyl groups is 1. The maximum atomic E-state index is 12.6. The van der Waals surface area contributed by atoms with E-state index in [2.05, 4.69) is 6.58 Å². The maximum absolute atomic E-state index is 12.6. The number of rotatable bonds is 4. The lowest BCUT2D eigenvalue weighted by atomic mass is 9.87. The lowest BCUT2D eigenvalue weighted by Crippen LogP contribution is -2.42. The van der Waals surface area contributed by atoms with Crippen LogP contribution in [0.2, 0.25) is 0 Å². The summed E-state index contributed by atoms with van der Waals surface area (Å²) in [5.74, 6) is -0.218. The van der Waals surface area contributed by atoms with Gasteiger partial charge in [-0.1, -0.05) is 36.4 Å². The minimum atomic E-state index is -3.39. The summed E-state index contributed by atoms with van der Waals surface area (Å²) in [4.78, 5) is 0. The molecule has 1 aliphatic heterocycles. The Morgan fingerprint density at radius 2 is 1.86 bits per heavy atom. The van der Waals surface area contributed by atoms with E-state index in [1.165, 1.54) is 4.31 Å². The zero-order chi connectivity index (χ0) is 16.5. The van der Waals surface area contributed by atoms with Crippen LogP contribution in [0.15, 0.2) is 43.0 Å². The monoisotopic (exact) mass is 323 g/mol. The standard InChI is InChI=1S/C17H25NO3S/c1-5-13-11-18(22(20,21)17(2,3)4)12-15(13)16(19)14-9-7-6-8-10-14/h5-10,13,15-16,19H,1,11-12H2,2-4H3. The summed E-state index contributed by atoms with van der Waals surface area (Å²) >= 11 is 0. The molecular weight excluding hydrogens is 298 g/mol. The first-order chi connectivity index (χ1) is 10.2. The van der Waals surface area contributed by atoms with Crippen molar-refractivity contribution in [2.45, 2.75) is 31.6 Å². The molecule has 1 fully saturated rings. The third-order valence-corrected chi connectivity index (χ3v) is 6.87. The van der Waals surface area contributed by atoms with Crippen LogP contribution < -0.4 is 0 Å². The van der Waals surface area contributed by atoms with Crippen molar-refractivity contribution in [1.29, 1.82) is 0 Å². The zero-order valence-electron chi connectivity index (χ0n) is 13.4. The molecule has 2 rings (SSSR count). The van der Waals surface area contributed by atoms with Crippen LogP contribution in [0, 0.1) is 11.8 Å². The molecule has 1 aromatic rings. The highest BCUT2D eigenvalue weighted by molar-refractivity contribution is 7.90. The van der Waals surface area contributed by atoms with E-state index in [-0.39, 0.29) is 11.8 Å². The van der Waals surface area contributed by atoms with E-state index in [0.717, 1.165) is 5.56 Å². The van der Waals surface area contributed by atoms with Crippen molar-refractivity contribution < 1.29 is 13.5 Å². The molecule has 0 spiro atoms. The van der Waals surface area contributed by atoms with Crippen LogP contribution in [0.3, 0.4) is 0 Å². The molecule has 0 aliphatic carbocycles. The summed E-state index contributed by atoms with van der Waals surface area (Å²) in [7, 11) is -3.39. The van der Waals surface area contributed by atoms with Gasteiger partial charge in [0.15, 0.2) is 0 Å². The van der Waals surface area contributed by atoms with E-state index in [9.17, 15) is 13.5 Å². The van der Waals surface area contributed by atoms with Gasteiger partial charge in [-0.05, 0) is 32.3 Å². The zero-order valence-corrected chi connectivity index (χ0v) is 14.3. The number of benzene rings is 1. The van der Waals surface area contributed by atoms with Crippen molar-refractivity contribution in [3.05, 3.63) is 48.6 Å². The lowest BCUT2D eigenvalue weighted by Gasteiger charge is -2.27. The second-order valence-electron chi connectivity index (χ2n) is 6.85. The van der Waals surface area contributed by atoms with Crippen LogP contribution in [0.4, 0.5) is 0 Å². The highest BCUT2D eigenvalue weighted by Crippen LogP contribution is 2.38. The van der Waals surface area contributed by atoms with Gasteiger partial charge in [-0.25, -0.2) is 12.7 Å². The third kappa shape index (κ3) is 3.12. The van der Waals surface area contributed by atoms with Crippen molar-refractivity contribution >= 4 is 10.0 Å². The molecule has 3 atom stereocenters. The molecule has 1 N–H and O–H groups in total. The molecule has 0 aromatic heterocycles. The first-order valence-corrected chi connectivity index (χ1v) is 8.97. The number of nitrogens with zero attached hydrogens (tertiary/aromatic N) is 1.